The largest absolute Gasteiger partial charge is 3.00 e. The summed E-state index contributed by atoms with van der Waals surface area (Å²) in [4.78, 5) is 29.9. The second kappa shape index (κ2) is 18.2. The van der Waals surface area contributed by atoms with E-state index < -0.39 is 45.1 Å². The van der Waals surface area contributed by atoms with Gasteiger partial charge in [-0.2, -0.15) is 0 Å². The van der Waals surface area contributed by atoms with Gasteiger partial charge in [0.2, 0.25) is 0 Å². The molecule has 3 atom stereocenters. The molecular weight excluding hydrogens is 470 g/mol. The molecule has 0 amide bonds. The van der Waals surface area contributed by atoms with E-state index in [0.717, 1.165) is 19.3 Å². The Morgan fingerprint density at radius 1 is 0.742 bits per heavy atom. The van der Waals surface area contributed by atoms with Crippen LogP contribution in [0.2, 0.25) is 6.55 Å². The summed E-state index contributed by atoms with van der Waals surface area (Å²) >= 11 is 0. The predicted octanol–water partition coefficient (Wildman–Crippen LogP) is -3.16. The number of hydrogen-bond donors (Lipinski definition) is 0. The molecule has 177 valence electrons. The molecule has 0 aromatic rings. The maximum atomic E-state index is 10.3. The van der Waals surface area contributed by atoms with Crippen molar-refractivity contribution in [2.75, 3.05) is 33.9 Å². The summed E-state index contributed by atoms with van der Waals surface area (Å²) in [7, 11) is 2.25. The Kier molecular flexibility index (Phi) is 18.7. The van der Waals surface area contributed by atoms with Gasteiger partial charge in [-0.15, -0.1) is 0 Å². The summed E-state index contributed by atoms with van der Waals surface area (Å²) in [6.07, 6.45) is 2.49. The average molecular weight is 501 g/mol. The van der Waals surface area contributed by atoms with Crippen LogP contribution in [-0.2, 0) is 50.4 Å². The van der Waals surface area contributed by atoms with Crippen molar-refractivity contribution in [1.82, 2.24) is 4.57 Å². The van der Waals surface area contributed by atoms with E-state index in [1.807, 2.05) is 0 Å². The van der Waals surface area contributed by atoms with Gasteiger partial charge >= 0.3 is 26.2 Å². The van der Waals surface area contributed by atoms with Gasteiger partial charge in [-0.3, -0.25) is 0 Å². The fourth-order valence-electron chi connectivity index (χ4n) is 2.29. The predicted molar refractivity (Wildman–Crippen MR) is 97.9 cm³/mol. The third kappa shape index (κ3) is 16.0. The zero-order valence-corrected chi connectivity index (χ0v) is 20.3. The number of hydrogen-bond acceptors (Lipinski definition) is 10. The molecular formula is C18H30CrNO10Si. The van der Waals surface area contributed by atoms with Gasteiger partial charge in [0.1, 0.15) is 0 Å². The average Bonchev–Trinajstić information content (AvgIpc) is 3.47. The number of nitrogens with zero attached hydrogens (tertiary/aromatic N) is 1. The molecule has 11 nitrogen and oxygen atoms in total. The minimum Gasteiger partial charge on any atom is -0.547 e. The molecule has 0 N–H and O–H groups in total. The molecule has 0 aromatic carbocycles. The van der Waals surface area contributed by atoms with Crippen molar-refractivity contribution in [2.45, 2.75) is 63.4 Å². The van der Waals surface area contributed by atoms with E-state index in [-0.39, 0.29) is 17.4 Å². The van der Waals surface area contributed by atoms with Crippen molar-refractivity contribution in [1.29, 1.82) is 0 Å². The van der Waals surface area contributed by atoms with Crippen LogP contribution >= 0.6 is 0 Å². The van der Waals surface area contributed by atoms with E-state index in [0.29, 0.717) is 39.1 Å². The summed E-state index contributed by atoms with van der Waals surface area (Å²) in [6, 6.07) is 0. The smallest absolute Gasteiger partial charge is 0.547 e. The Hall–Kier alpha value is -1.36. The van der Waals surface area contributed by atoms with Crippen LogP contribution in [0.5, 0.6) is 0 Å². The topological polar surface area (TPSA) is 168 Å². The minimum absolute atomic E-state index is 0. The van der Waals surface area contributed by atoms with Gasteiger partial charge in [0.05, 0.1) is 36.2 Å². The monoisotopic (exact) mass is 500 g/mol. The van der Waals surface area contributed by atoms with Crippen molar-refractivity contribution in [3.8, 4) is 0 Å². The van der Waals surface area contributed by atoms with Crippen LogP contribution in [-0.4, -0.2) is 83.5 Å². The molecule has 3 rings (SSSR count). The minimum atomic E-state index is -1.37. The van der Waals surface area contributed by atoms with Crippen molar-refractivity contribution in [3.63, 3.8) is 0 Å². The van der Waals surface area contributed by atoms with Crippen LogP contribution < -0.4 is 15.3 Å². The first-order chi connectivity index (χ1) is 14.1. The Morgan fingerprint density at radius 3 is 1.03 bits per heavy atom. The quantitative estimate of drug-likeness (QED) is 0.357. The van der Waals surface area contributed by atoms with Gasteiger partial charge in [-0.05, 0) is 59.2 Å². The first-order valence-corrected chi connectivity index (χ1v) is 11.6. The van der Waals surface area contributed by atoms with E-state index in [4.69, 9.17) is 14.2 Å². The maximum absolute atomic E-state index is 10.3. The molecule has 3 aliphatic heterocycles. The van der Waals surface area contributed by atoms with Crippen LogP contribution in [0.15, 0.2) is 0 Å². The SMILES string of the molecule is CN(C)[Si](C)=O.O=C([O-])C1CCCO1.O=C([O-])C1CCCO1.O=C([O-])C1CCCO1.[Cr+3]. The molecule has 0 aliphatic carbocycles. The van der Waals surface area contributed by atoms with Gasteiger partial charge in [-0.1, -0.05) is 0 Å². The first-order valence-electron chi connectivity index (χ1n) is 9.71. The Balaban J connectivity index is 0. The van der Waals surface area contributed by atoms with Crippen molar-refractivity contribution in [2.24, 2.45) is 0 Å². The molecule has 3 unspecified atom stereocenters. The maximum Gasteiger partial charge on any atom is 3.00 e. The van der Waals surface area contributed by atoms with Crippen LogP contribution in [0.1, 0.15) is 38.5 Å². The Bertz CT molecular complexity index is 484. The summed E-state index contributed by atoms with van der Waals surface area (Å²) in [6.45, 7) is 3.42. The van der Waals surface area contributed by atoms with E-state index in [2.05, 4.69) is 0 Å². The third-order valence-corrected chi connectivity index (χ3v) is 5.47. The van der Waals surface area contributed by atoms with E-state index in [9.17, 15) is 34.2 Å². The number of aliphatic carboxylic acids is 3. The second-order valence-corrected chi connectivity index (χ2v) is 8.81. The molecule has 13 heteroatoms. The molecule has 0 bridgehead atoms. The molecule has 3 fully saturated rings. The molecule has 0 saturated carbocycles. The fourth-order valence-corrected chi connectivity index (χ4v) is 2.29. The number of rotatable bonds is 4. The summed E-state index contributed by atoms with van der Waals surface area (Å²) in [5.74, 6) is -3.24. The van der Waals surface area contributed by atoms with E-state index >= 15 is 0 Å². The van der Waals surface area contributed by atoms with Crippen LogP contribution in [0.3, 0.4) is 0 Å². The van der Waals surface area contributed by atoms with E-state index in [1.54, 1.807) is 25.2 Å². The number of carbonyl (C=O) groups is 3. The van der Waals surface area contributed by atoms with Crippen LogP contribution in [0.25, 0.3) is 0 Å². The first kappa shape index (κ1) is 31.8. The zero-order valence-electron chi connectivity index (χ0n) is 18.0. The number of carboxylic acids is 3. The molecule has 3 heterocycles. The van der Waals surface area contributed by atoms with E-state index in [1.165, 1.54) is 0 Å². The normalized spacial score (nSPS) is 23.4. The van der Waals surface area contributed by atoms with Crippen molar-refractivity contribution in [3.05, 3.63) is 0 Å². The van der Waals surface area contributed by atoms with Gasteiger partial charge < -0.3 is 52.9 Å². The number of carboxylic acid groups (broad SMARTS) is 3. The molecule has 3 saturated heterocycles. The fraction of sp³-hybridized carbons (Fsp3) is 0.833. The Labute approximate surface area is 194 Å². The van der Waals surface area contributed by atoms with Crippen LogP contribution in [0.4, 0.5) is 0 Å². The van der Waals surface area contributed by atoms with Crippen molar-refractivity contribution >= 4 is 26.8 Å². The van der Waals surface area contributed by atoms with Gasteiger partial charge in [0.15, 0.2) is 0 Å². The summed E-state index contributed by atoms with van der Waals surface area (Å²) < 4.78 is 26.2. The molecule has 0 spiro atoms. The van der Waals surface area contributed by atoms with Gasteiger partial charge in [0, 0.05) is 19.8 Å². The molecule has 0 aromatic heterocycles. The number of ether oxygens (including phenoxy) is 3. The van der Waals surface area contributed by atoms with Gasteiger partial charge in [-0.25, -0.2) is 0 Å². The molecule has 3 aliphatic rings. The van der Waals surface area contributed by atoms with Gasteiger partial charge in [0.25, 0.3) is 0 Å². The van der Waals surface area contributed by atoms with Crippen LogP contribution in [0, 0.1) is 0 Å². The standard InChI is InChI=1S/3C5H8O3.C3H9NOSi.Cr/c3*6-5(7)4-2-1-3-8-4;1-4(2)6(3)5;/h3*4H,1-3H2,(H,6,7);1-3H3;/q;;;;+3/p-3. The summed E-state index contributed by atoms with van der Waals surface area (Å²) in [5, 5.41) is 29.9. The zero-order chi connectivity index (χ0) is 23.1. The molecule has 1 radical (unpaired) electrons. The second-order valence-electron chi connectivity index (χ2n) is 6.88. The summed E-state index contributed by atoms with van der Waals surface area (Å²) in [5.41, 5.74) is 0. The molecule has 31 heavy (non-hydrogen) atoms. The Morgan fingerprint density at radius 2 is 0.968 bits per heavy atom. The third-order valence-electron chi connectivity index (χ3n) is 4.21. The van der Waals surface area contributed by atoms with Crippen molar-refractivity contribution < 1.29 is 65.7 Å². The number of carbonyl (C=O) groups excluding carboxylic acids is 3.